The van der Waals surface area contributed by atoms with Crippen LogP contribution in [0.5, 0.6) is 0 Å². The fourth-order valence-electron chi connectivity index (χ4n) is 2.40. The van der Waals surface area contributed by atoms with Crippen molar-refractivity contribution in [3.63, 3.8) is 0 Å². The first kappa shape index (κ1) is 15.5. The summed E-state index contributed by atoms with van der Waals surface area (Å²) in [5, 5.41) is 0. The van der Waals surface area contributed by atoms with Crippen LogP contribution in [-0.2, 0) is 19.6 Å². The Bertz CT molecular complexity index is 668. The van der Waals surface area contributed by atoms with Crippen molar-refractivity contribution in [3.8, 4) is 0 Å². The molecular formula is C14H17NO5S. The van der Waals surface area contributed by atoms with Gasteiger partial charge in [0, 0.05) is 12.1 Å². The number of fused-ring (bicyclic) bond motifs is 1. The molecule has 2 rings (SSSR count). The van der Waals surface area contributed by atoms with Crippen LogP contribution >= 0.6 is 0 Å². The molecule has 1 aliphatic heterocycles. The summed E-state index contributed by atoms with van der Waals surface area (Å²) in [6.45, 7) is 1.92. The lowest BCUT2D eigenvalue weighted by atomic mass is 9.95. The van der Waals surface area contributed by atoms with Crippen molar-refractivity contribution in [2.45, 2.75) is 13.3 Å². The second-order valence-corrected chi connectivity index (χ2v) is 6.72. The molecule has 0 bridgehead atoms. The average molecular weight is 311 g/mol. The second kappa shape index (κ2) is 5.85. The van der Waals surface area contributed by atoms with E-state index in [1.54, 1.807) is 25.1 Å². The molecule has 0 amide bonds. The van der Waals surface area contributed by atoms with Gasteiger partial charge in [-0.1, -0.05) is 12.1 Å². The Morgan fingerprint density at radius 3 is 2.67 bits per heavy atom. The molecule has 0 aliphatic carbocycles. The van der Waals surface area contributed by atoms with E-state index in [-0.39, 0.29) is 25.1 Å². The highest BCUT2D eigenvalue weighted by atomic mass is 32.2. The lowest BCUT2D eigenvalue weighted by Crippen LogP contribution is -2.32. The molecule has 0 radical (unpaired) electrons. The molecule has 21 heavy (non-hydrogen) atoms. The van der Waals surface area contributed by atoms with Gasteiger partial charge in [-0.15, -0.1) is 0 Å². The zero-order chi connectivity index (χ0) is 15.6. The molecule has 6 nitrogen and oxygen atoms in total. The number of ether oxygens (including phenoxy) is 1. The molecule has 0 spiro atoms. The van der Waals surface area contributed by atoms with E-state index < -0.39 is 27.7 Å². The van der Waals surface area contributed by atoms with Crippen molar-refractivity contribution < 1.29 is 22.7 Å². The fourth-order valence-corrected chi connectivity index (χ4v) is 3.35. The summed E-state index contributed by atoms with van der Waals surface area (Å²) < 4.78 is 29.9. The van der Waals surface area contributed by atoms with Crippen LogP contribution in [0.1, 0.15) is 23.7 Å². The largest absolute Gasteiger partial charge is 0.465 e. The molecule has 7 heteroatoms. The van der Waals surface area contributed by atoms with Crippen LogP contribution in [0.2, 0.25) is 0 Å². The van der Waals surface area contributed by atoms with Gasteiger partial charge in [0.1, 0.15) is 5.92 Å². The summed E-state index contributed by atoms with van der Waals surface area (Å²) in [5.41, 5.74) is 0.551. The molecule has 0 saturated carbocycles. The SMILES string of the molecule is CCOC(=O)[C@H]1CCN(S(C)(=O)=O)c2ccccc2C1=O. The van der Waals surface area contributed by atoms with Gasteiger partial charge in [-0.05, 0) is 25.5 Å². The first-order chi connectivity index (χ1) is 9.86. The minimum absolute atomic E-state index is 0.0745. The van der Waals surface area contributed by atoms with Crippen molar-refractivity contribution in [3.05, 3.63) is 29.8 Å². The number of esters is 1. The molecule has 0 aromatic heterocycles. The maximum absolute atomic E-state index is 12.5. The highest BCUT2D eigenvalue weighted by Crippen LogP contribution is 2.30. The number of carbonyl (C=O) groups excluding carboxylic acids is 2. The number of ketones is 1. The molecule has 1 aliphatic rings. The van der Waals surface area contributed by atoms with E-state index in [4.69, 9.17) is 4.74 Å². The van der Waals surface area contributed by atoms with Gasteiger partial charge in [0.05, 0.1) is 18.6 Å². The number of para-hydroxylation sites is 1. The third kappa shape index (κ3) is 3.07. The van der Waals surface area contributed by atoms with E-state index in [0.717, 1.165) is 6.26 Å². The maximum Gasteiger partial charge on any atom is 0.316 e. The Morgan fingerprint density at radius 1 is 1.38 bits per heavy atom. The van der Waals surface area contributed by atoms with Crippen molar-refractivity contribution in [1.82, 2.24) is 0 Å². The molecule has 0 N–H and O–H groups in total. The number of Topliss-reactive ketones (excluding diaryl/α,β-unsaturated/α-hetero) is 1. The van der Waals surface area contributed by atoms with Crippen molar-refractivity contribution >= 4 is 27.5 Å². The molecule has 0 unspecified atom stereocenters. The maximum atomic E-state index is 12.5. The topological polar surface area (TPSA) is 80.8 Å². The number of benzene rings is 1. The molecule has 1 atom stereocenters. The van der Waals surface area contributed by atoms with Gasteiger partial charge in [0.25, 0.3) is 0 Å². The predicted molar refractivity (Wildman–Crippen MR) is 77.7 cm³/mol. The van der Waals surface area contributed by atoms with Crippen LogP contribution in [-0.4, -0.2) is 39.6 Å². The number of hydrogen-bond donors (Lipinski definition) is 0. The Balaban J connectivity index is 2.49. The smallest absolute Gasteiger partial charge is 0.316 e. The summed E-state index contributed by atoms with van der Waals surface area (Å²) in [5.74, 6) is -1.96. The number of rotatable bonds is 3. The quantitative estimate of drug-likeness (QED) is 0.619. The zero-order valence-corrected chi connectivity index (χ0v) is 12.7. The van der Waals surface area contributed by atoms with Crippen molar-refractivity contribution in [2.24, 2.45) is 5.92 Å². The number of carbonyl (C=O) groups is 2. The summed E-state index contributed by atoms with van der Waals surface area (Å²) in [4.78, 5) is 24.4. The van der Waals surface area contributed by atoms with Gasteiger partial charge < -0.3 is 4.74 Å². The molecular weight excluding hydrogens is 294 g/mol. The third-order valence-corrected chi connectivity index (χ3v) is 4.53. The van der Waals surface area contributed by atoms with Gasteiger partial charge >= 0.3 is 5.97 Å². The lowest BCUT2D eigenvalue weighted by molar-refractivity contribution is -0.146. The standard InChI is InChI=1S/C14H17NO5S/c1-3-20-14(17)11-8-9-15(21(2,18)19)12-7-5-4-6-10(12)13(11)16/h4-7,11H,3,8-9H2,1-2H3/t11-/m0/s1. The summed E-state index contributed by atoms with van der Waals surface area (Å²) in [7, 11) is -3.52. The van der Waals surface area contributed by atoms with E-state index in [9.17, 15) is 18.0 Å². The van der Waals surface area contributed by atoms with Crippen molar-refractivity contribution in [1.29, 1.82) is 0 Å². The van der Waals surface area contributed by atoms with Gasteiger partial charge in [0.2, 0.25) is 10.0 Å². The number of anilines is 1. The van der Waals surface area contributed by atoms with Crippen LogP contribution in [0.4, 0.5) is 5.69 Å². The molecule has 0 saturated heterocycles. The van der Waals surface area contributed by atoms with Crippen LogP contribution in [0.25, 0.3) is 0 Å². The Kier molecular flexibility index (Phi) is 4.32. The lowest BCUT2D eigenvalue weighted by Gasteiger charge is -2.21. The first-order valence-electron chi connectivity index (χ1n) is 6.64. The van der Waals surface area contributed by atoms with E-state index in [1.165, 1.54) is 10.4 Å². The number of sulfonamides is 1. The average Bonchev–Trinajstić information content (AvgIpc) is 2.56. The van der Waals surface area contributed by atoms with E-state index >= 15 is 0 Å². The zero-order valence-electron chi connectivity index (χ0n) is 11.9. The Morgan fingerprint density at radius 2 is 2.05 bits per heavy atom. The number of nitrogens with zero attached hydrogens (tertiary/aromatic N) is 1. The van der Waals surface area contributed by atoms with Gasteiger partial charge in [-0.3, -0.25) is 13.9 Å². The Hall–Kier alpha value is -1.89. The second-order valence-electron chi connectivity index (χ2n) is 4.81. The van der Waals surface area contributed by atoms with Crippen molar-refractivity contribution in [2.75, 3.05) is 23.7 Å². The minimum atomic E-state index is -3.52. The summed E-state index contributed by atoms with van der Waals surface area (Å²) >= 11 is 0. The third-order valence-electron chi connectivity index (χ3n) is 3.35. The van der Waals surface area contributed by atoms with Crippen LogP contribution in [0, 0.1) is 5.92 Å². The first-order valence-corrected chi connectivity index (χ1v) is 8.48. The molecule has 114 valence electrons. The molecule has 1 aromatic rings. The van der Waals surface area contributed by atoms with Gasteiger partial charge in [0.15, 0.2) is 5.78 Å². The predicted octanol–water partition coefficient (Wildman–Crippen LogP) is 1.22. The minimum Gasteiger partial charge on any atom is -0.465 e. The van der Waals surface area contributed by atoms with Crippen LogP contribution in [0.15, 0.2) is 24.3 Å². The highest BCUT2D eigenvalue weighted by Gasteiger charge is 2.36. The van der Waals surface area contributed by atoms with E-state index in [0.29, 0.717) is 5.69 Å². The highest BCUT2D eigenvalue weighted by molar-refractivity contribution is 7.92. The molecule has 0 fully saturated rings. The Labute approximate surface area is 123 Å². The van der Waals surface area contributed by atoms with Gasteiger partial charge in [-0.2, -0.15) is 0 Å². The van der Waals surface area contributed by atoms with Crippen LogP contribution < -0.4 is 4.31 Å². The fraction of sp³-hybridized carbons (Fsp3) is 0.429. The molecule has 1 heterocycles. The van der Waals surface area contributed by atoms with E-state index in [2.05, 4.69) is 0 Å². The molecule has 1 aromatic carbocycles. The normalized spacial score (nSPS) is 18.9. The summed E-state index contributed by atoms with van der Waals surface area (Å²) in [6, 6.07) is 6.41. The van der Waals surface area contributed by atoms with E-state index in [1.807, 2.05) is 0 Å². The summed E-state index contributed by atoms with van der Waals surface area (Å²) in [6.07, 6.45) is 1.19. The monoisotopic (exact) mass is 311 g/mol. The van der Waals surface area contributed by atoms with Gasteiger partial charge in [-0.25, -0.2) is 8.42 Å². The number of hydrogen-bond acceptors (Lipinski definition) is 5. The van der Waals surface area contributed by atoms with Crippen LogP contribution in [0.3, 0.4) is 0 Å².